The number of nitrogens with two attached hydrogens (primary N) is 1. The largest absolute Gasteiger partial charge is 0.493 e. The summed E-state index contributed by atoms with van der Waals surface area (Å²) < 4.78 is 5.97. The maximum absolute atomic E-state index is 11.6. The molecule has 138 valence electrons. The van der Waals surface area contributed by atoms with Gasteiger partial charge in [0.05, 0.1) is 35.3 Å². The molecular weight excluding hydrogens is 336 g/mol. The third kappa shape index (κ3) is 3.71. The number of hydrogen-bond acceptors (Lipinski definition) is 5. The summed E-state index contributed by atoms with van der Waals surface area (Å²) in [6.45, 7) is 0.553. The SMILES string of the molecule is Nc1c(C(=O)O)c(CC(=O)O)nc2cccc(OCC3CCCCC3)c12. The van der Waals surface area contributed by atoms with Crippen LogP contribution < -0.4 is 10.5 Å². The number of aromatic nitrogens is 1. The minimum Gasteiger partial charge on any atom is -0.493 e. The van der Waals surface area contributed by atoms with E-state index in [0.717, 1.165) is 12.8 Å². The molecule has 0 atom stereocenters. The molecule has 7 nitrogen and oxygen atoms in total. The Labute approximate surface area is 150 Å². The Hall–Kier alpha value is -2.83. The first-order valence-electron chi connectivity index (χ1n) is 8.76. The number of rotatable bonds is 6. The van der Waals surface area contributed by atoms with Gasteiger partial charge in [0.1, 0.15) is 11.3 Å². The molecule has 1 aromatic heterocycles. The van der Waals surface area contributed by atoms with E-state index in [1.807, 2.05) is 0 Å². The first-order valence-corrected chi connectivity index (χ1v) is 8.76. The van der Waals surface area contributed by atoms with E-state index in [2.05, 4.69) is 4.98 Å². The predicted molar refractivity (Wildman–Crippen MR) is 96.5 cm³/mol. The highest BCUT2D eigenvalue weighted by molar-refractivity contribution is 6.07. The summed E-state index contributed by atoms with van der Waals surface area (Å²) in [6.07, 6.45) is 5.41. The molecule has 7 heteroatoms. The maximum atomic E-state index is 11.6. The van der Waals surface area contributed by atoms with Crippen molar-refractivity contribution in [2.45, 2.75) is 38.5 Å². The predicted octanol–water partition coefficient (Wildman–Crippen LogP) is 3.10. The fourth-order valence-corrected chi connectivity index (χ4v) is 3.56. The minimum atomic E-state index is -1.30. The number of fused-ring (bicyclic) bond motifs is 1. The molecule has 4 N–H and O–H groups in total. The van der Waals surface area contributed by atoms with Crippen LogP contribution in [0, 0.1) is 5.92 Å². The van der Waals surface area contributed by atoms with Gasteiger partial charge in [0.15, 0.2) is 0 Å². The van der Waals surface area contributed by atoms with E-state index >= 15 is 0 Å². The molecule has 2 aromatic rings. The Bertz CT molecular complexity index is 843. The topological polar surface area (TPSA) is 123 Å². The Kier molecular flexibility index (Phi) is 5.25. The van der Waals surface area contributed by atoms with E-state index in [0.29, 0.717) is 29.2 Å². The molecule has 0 radical (unpaired) electrons. The van der Waals surface area contributed by atoms with Crippen LogP contribution in [-0.2, 0) is 11.2 Å². The highest BCUT2D eigenvalue weighted by Crippen LogP contribution is 2.34. The molecule has 1 heterocycles. The van der Waals surface area contributed by atoms with Crippen LogP contribution in [0.4, 0.5) is 5.69 Å². The van der Waals surface area contributed by atoms with Crippen molar-refractivity contribution < 1.29 is 24.5 Å². The summed E-state index contributed by atoms with van der Waals surface area (Å²) >= 11 is 0. The summed E-state index contributed by atoms with van der Waals surface area (Å²) in [6, 6.07) is 5.16. The number of pyridine rings is 1. The Morgan fingerprint density at radius 1 is 1.19 bits per heavy atom. The summed E-state index contributed by atoms with van der Waals surface area (Å²) in [5.41, 5.74) is 6.22. The van der Waals surface area contributed by atoms with Gasteiger partial charge in [0.2, 0.25) is 0 Å². The van der Waals surface area contributed by atoms with E-state index in [1.54, 1.807) is 18.2 Å². The van der Waals surface area contributed by atoms with Crippen molar-refractivity contribution in [1.29, 1.82) is 0 Å². The van der Waals surface area contributed by atoms with Crippen LogP contribution >= 0.6 is 0 Å². The van der Waals surface area contributed by atoms with Gasteiger partial charge in [-0.2, -0.15) is 0 Å². The van der Waals surface area contributed by atoms with Crippen molar-refractivity contribution in [1.82, 2.24) is 4.98 Å². The molecule has 1 fully saturated rings. The van der Waals surface area contributed by atoms with Crippen LogP contribution in [0.5, 0.6) is 5.75 Å². The zero-order valence-electron chi connectivity index (χ0n) is 14.4. The van der Waals surface area contributed by atoms with Crippen LogP contribution in [0.15, 0.2) is 18.2 Å². The summed E-state index contributed by atoms with van der Waals surface area (Å²) in [5.74, 6) is -1.49. The van der Waals surface area contributed by atoms with Crippen molar-refractivity contribution in [2.75, 3.05) is 12.3 Å². The van der Waals surface area contributed by atoms with E-state index < -0.39 is 18.4 Å². The molecule has 1 aromatic carbocycles. The lowest BCUT2D eigenvalue weighted by Crippen LogP contribution is -2.16. The smallest absolute Gasteiger partial charge is 0.339 e. The van der Waals surface area contributed by atoms with Crippen molar-refractivity contribution in [3.8, 4) is 5.75 Å². The van der Waals surface area contributed by atoms with Crippen molar-refractivity contribution >= 4 is 28.5 Å². The standard InChI is InChI=1S/C19H22N2O5/c20-18-16-12(21-13(9-15(22)23)17(18)19(24)25)7-4-8-14(16)26-10-11-5-2-1-3-6-11/h4,7-8,11H,1-3,5-6,9-10H2,(H2,20,21)(H,22,23)(H,24,25). The average molecular weight is 358 g/mol. The monoisotopic (exact) mass is 358 g/mol. The Morgan fingerprint density at radius 3 is 2.58 bits per heavy atom. The molecule has 0 saturated heterocycles. The van der Waals surface area contributed by atoms with Crippen LogP contribution in [0.1, 0.15) is 48.2 Å². The van der Waals surface area contributed by atoms with Crippen molar-refractivity contribution in [3.05, 3.63) is 29.5 Å². The lowest BCUT2D eigenvalue weighted by atomic mass is 9.90. The number of aromatic carboxylic acids is 1. The van der Waals surface area contributed by atoms with E-state index in [-0.39, 0.29) is 16.9 Å². The first-order chi connectivity index (χ1) is 12.5. The van der Waals surface area contributed by atoms with Gasteiger partial charge in [-0.05, 0) is 30.9 Å². The average Bonchev–Trinajstić information content (AvgIpc) is 2.59. The van der Waals surface area contributed by atoms with Gasteiger partial charge in [-0.1, -0.05) is 25.3 Å². The quantitative estimate of drug-likeness (QED) is 0.725. The number of anilines is 1. The number of hydrogen-bond donors (Lipinski definition) is 3. The van der Waals surface area contributed by atoms with Gasteiger partial charge in [0, 0.05) is 0 Å². The molecular formula is C19H22N2O5. The van der Waals surface area contributed by atoms with Crippen LogP contribution in [0.2, 0.25) is 0 Å². The zero-order chi connectivity index (χ0) is 18.7. The molecule has 1 aliphatic carbocycles. The summed E-state index contributed by atoms with van der Waals surface area (Å²) in [7, 11) is 0. The molecule has 1 aliphatic rings. The molecule has 3 rings (SSSR count). The number of nitrogens with zero attached hydrogens (tertiary/aromatic N) is 1. The summed E-state index contributed by atoms with van der Waals surface area (Å²) in [5, 5.41) is 18.9. The minimum absolute atomic E-state index is 0.00186. The van der Waals surface area contributed by atoms with Crippen LogP contribution in [-0.4, -0.2) is 33.7 Å². The summed E-state index contributed by atoms with van der Waals surface area (Å²) in [4.78, 5) is 26.9. The normalized spacial score (nSPS) is 15.1. The second kappa shape index (κ2) is 7.59. The molecule has 26 heavy (non-hydrogen) atoms. The van der Waals surface area contributed by atoms with Gasteiger partial charge in [-0.25, -0.2) is 4.79 Å². The third-order valence-corrected chi connectivity index (χ3v) is 4.82. The van der Waals surface area contributed by atoms with Crippen LogP contribution in [0.25, 0.3) is 10.9 Å². The third-order valence-electron chi connectivity index (χ3n) is 4.82. The number of nitrogen functional groups attached to an aromatic ring is 1. The fraction of sp³-hybridized carbons (Fsp3) is 0.421. The van der Waals surface area contributed by atoms with E-state index in [9.17, 15) is 14.7 Å². The number of carbonyl (C=O) groups is 2. The number of ether oxygens (including phenoxy) is 1. The lowest BCUT2D eigenvalue weighted by Gasteiger charge is -2.22. The van der Waals surface area contributed by atoms with Gasteiger partial charge in [0.25, 0.3) is 0 Å². The van der Waals surface area contributed by atoms with Gasteiger partial charge in [-0.3, -0.25) is 9.78 Å². The number of carboxylic acid groups (broad SMARTS) is 2. The Balaban J connectivity index is 2.00. The highest BCUT2D eigenvalue weighted by Gasteiger charge is 2.23. The molecule has 0 amide bonds. The van der Waals surface area contributed by atoms with Gasteiger partial charge < -0.3 is 20.7 Å². The lowest BCUT2D eigenvalue weighted by molar-refractivity contribution is -0.136. The Morgan fingerprint density at radius 2 is 1.92 bits per heavy atom. The molecule has 0 aliphatic heterocycles. The fourth-order valence-electron chi connectivity index (χ4n) is 3.56. The van der Waals surface area contributed by atoms with Gasteiger partial charge >= 0.3 is 11.9 Å². The van der Waals surface area contributed by atoms with Crippen molar-refractivity contribution in [2.24, 2.45) is 5.92 Å². The molecule has 0 unspecified atom stereocenters. The highest BCUT2D eigenvalue weighted by atomic mass is 16.5. The maximum Gasteiger partial charge on any atom is 0.339 e. The second-order valence-corrected chi connectivity index (χ2v) is 6.69. The molecule has 0 spiro atoms. The van der Waals surface area contributed by atoms with Gasteiger partial charge in [-0.15, -0.1) is 0 Å². The van der Waals surface area contributed by atoms with Crippen LogP contribution in [0.3, 0.4) is 0 Å². The molecule has 1 saturated carbocycles. The number of benzene rings is 1. The van der Waals surface area contributed by atoms with E-state index in [1.165, 1.54) is 19.3 Å². The second-order valence-electron chi connectivity index (χ2n) is 6.69. The first kappa shape index (κ1) is 18.0. The zero-order valence-corrected chi connectivity index (χ0v) is 14.4. The number of aliphatic carboxylic acids is 1. The van der Waals surface area contributed by atoms with E-state index in [4.69, 9.17) is 15.6 Å². The number of carboxylic acids is 2. The molecule has 0 bridgehead atoms. The van der Waals surface area contributed by atoms with Crippen molar-refractivity contribution in [3.63, 3.8) is 0 Å².